The van der Waals surface area contributed by atoms with E-state index < -0.39 is 5.82 Å². The number of rotatable bonds is 3. The number of anilines is 1. The molecule has 1 unspecified atom stereocenters. The molecule has 2 fully saturated rings. The first-order valence-electron chi connectivity index (χ1n) is 9.12. The van der Waals surface area contributed by atoms with Gasteiger partial charge >= 0.3 is 0 Å². The highest BCUT2D eigenvalue weighted by molar-refractivity contribution is 5.66. The second-order valence-electron chi connectivity index (χ2n) is 6.86. The van der Waals surface area contributed by atoms with E-state index in [1.165, 1.54) is 12.1 Å². The topological polar surface area (TPSA) is 30.3 Å². The van der Waals surface area contributed by atoms with Gasteiger partial charge in [-0.3, -0.25) is 0 Å². The van der Waals surface area contributed by atoms with Gasteiger partial charge in [-0.25, -0.2) is 13.5 Å². The van der Waals surface area contributed by atoms with Gasteiger partial charge < -0.3 is 9.64 Å². The number of hydrogen-bond donors (Lipinski definition) is 0. The largest absolute Gasteiger partial charge is 0.369 e. The highest BCUT2D eigenvalue weighted by atomic mass is 19.1. The zero-order valence-corrected chi connectivity index (χ0v) is 14.3. The fourth-order valence-corrected chi connectivity index (χ4v) is 3.70. The first-order chi connectivity index (χ1) is 12.2. The van der Waals surface area contributed by atoms with Crippen LogP contribution in [0.2, 0.25) is 0 Å². The van der Waals surface area contributed by atoms with E-state index in [-0.39, 0.29) is 17.6 Å². The lowest BCUT2D eigenvalue weighted by molar-refractivity contribution is -0.0394. The molecule has 4 nitrogen and oxygen atoms in total. The SMILES string of the molecule is Fc1cc(N2CCCCC2)c(F)cc1-c1cnn(C2CCCCO2)c1. The van der Waals surface area contributed by atoms with Crippen molar-refractivity contribution in [3.05, 3.63) is 36.2 Å². The van der Waals surface area contributed by atoms with Gasteiger partial charge in [-0.15, -0.1) is 0 Å². The first kappa shape index (κ1) is 16.5. The molecule has 25 heavy (non-hydrogen) atoms. The minimum absolute atomic E-state index is 0.108. The standard InChI is InChI=1S/C19H23F2N3O/c20-16-11-18(23-7-3-1-4-8-23)17(21)10-15(16)14-12-22-24(13-14)19-6-2-5-9-25-19/h10-13,19H,1-9H2. The van der Waals surface area contributed by atoms with E-state index in [4.69, 9.17) is 4.74 Å². The summed E-state index contributed by atoms with van der Waals surface area (Å²) in [6.07, 6.45) is 9.46. The molecule has 1 aromatic heterocycles. The molecule has 0 aliphatic carbocycles. The van der Waals surface area contributed by atoms with Crippen molar-refractivity contribution in [2.45, 2.75) is 44.8 Å². The van der Waals surface area contributed by atoms with Gasteiger partial charge in [-0.2, -0.15) is 5.10 Å². The van der Waals surface area contributed by atoms with Gasteiger partial charge in [0, 0.05) is 43.1 Å². The van der Waals surface area contributed by atoms with Crippen LogP contribution in [0.25, 0.3) is 11.1 Å². The average Bonchev–Trinajstić information content (AvgIpc) is 3.15. The molecule has 2 aliphatic rings. The lowest BCUT2D eigenvalue weighted by Crippen LogP contribution is -2.30. The summed E-state index contributed by atoms with van der Waals surface area (Å²) >= 11 is 0. The van der Waals surface area contributed by atoms with Gasteiger partial charge in [-0.05, 0) is 44.6 Å². The quantitative estimate of drug-likeness (QED) is 0.818. The molecular weight excluding hydrogens is 324 g/mol. The zero-order chi connectivity index (χ0) is 17.2. The summed E-state index contributed by atoms with van der Waals surface area (Å²) in [5.74, 6) is -0.786. The Hall–Kier alpha value is -1.95. The van der Waals surface area contributed by atoms with Crippen molar-refractivity contribution in [1.29, 1.82) is 0 Å². The smallest absolute Gasteiger partial charge is 0.150 e. The second kappa shape index (κ2) is 7.12. The molecule has 2 saturated heterocycles. The van der Waals surface area contributed by atoms with Crippen molar-refractivity contribution < 1.29 is 13.5 Å². The molecule has 2 aromatic rings. The van der Waals surface area contributed by atoms with Crippen LogP contribution >= 0.6 is 0 Å². The summed E-state index contributed by atoms with van der Waals surface area (Å²) in [6.45, 7) is 2.28. The number of piperidine rings is 1. The first-order valence-corrected chi connectivity index (χ1v) is 9.12. The van der Waals surface area contributed by atoms with Crippen molar-refractivity contribution in [1.82, 2.24) is 9.78 Å². The number of hydrogen-bond acceptors (Lipinski definition) is 3. The zero-order valence-electron chi connectivity index (χ0n) is 14.3. The van der Waals surface area contributed by atoms with Crippen LogP contribution in [0.4, 0.5) is 14.5 Å². The van der Waals surface area contributed by atoms with Crippen LogP contribution in [0.15, 0.2) is 24.5 Å². The van der Waals surface area contributed by atoms with Crippen LogP contribution in [-0.4, -0.2) is 29.5 Å². The van der Waals surface area contributed by atoms with Crippen LogP contribution in [-0.2, 0) is 4.74 Å². The molecule has 4 rings (SSSR count). The predicted octanol–water partition coefficient (Wildman–Crippen LogP) is 4.52. The Morgan fingerprint density at radius 2 is 1.84 bits per heavy atom. The van der Waals surface area contributed by atoms with Gasteiger partial charge in [0.2, 0.25) is 0 Å². The minimum atomic E-state index is -0.411. The molecule has 0 saturated carbocycles. The van der Waals surface area contributed by atoms with Crippen molar-refractivity contribution >= 4 is 5.69 Å². The second-order valence-corrected chi connectivity index (χ2v) is 6.86. The van der Waals surface area contributed by atoms with Crippen molar-refractivity contribution in [3.8, 4) is 11.1 Å². The van der Waals surface area contributed by atoms with Crippen molar-refractivity contribution in [3.63, 3.8) is 0 Å². The van der Waals surface area contributed by atoms with E-state index in [9.17, 15) is 8.78 Å². The van der Waals surface area contributed by atoms with Crippen LogP contribution in [0.1, 0.15) is 44.8 Å². The minimum Gasteiger partial charge on any atom is -0.369 e. The molecule has 3 heterocycles. The van der Waals surface area contributed by atoms with Crippen LogP contribution < -0.4 is 4.90 Å². The molecule has 0 spiro atoms. The Morgan fingerprint density at radius 1 is 1.00 bits per heavy atom. The van der Waals surface area contributed by atoms with Gasteiger partial charge in [-0.1, -0.05) is 0 Å². The Bertz CT molecular complexity index is 734. The Kier molecular flexibility index (Phi) is 4.70. The lowest BCUT2D eigenvalue weighted by atomic mass is 10.1. The van der Waals surface area contributed by atoms with Gasteiger partial charge in [0.15, 0.2) is 0 Å². The van der Waals surface area contributed by atoms with Crippen LogP contribution in [0, 0.1) is 11.6 Å². The van der Waals surface area contributed by atoms with E-state index in [1.807, 2.05) is 4.90 Å². The van der Waals surface area contributed by atoms with E-state index in [0.717, 1.165) is 51.6 Å². The third-order valence-electron chi connectivity index (χ3n) is 5.10. The molecule has 0 amide bonds. The Morgan fingerprint density at radius 3 is 2.60 bits per heavy atom. The average molecular weight is 347 g/mol. The Labute approximate surface area is 146 Å². The summed E-state index contributed by atoms with van der Waals surface area (Å²) < 4.78 is 36.7. The summed E-state index contributed by atoms with van der Waals surface area (Å²) in [5.41, 5.74) is 1.19. The van der Waals surface area contributed by atoms with E-state index >= 15 is 0 Å². The molecule has 134 valence electrons. The molecule has 1 atom stereocenters. The van der Waals surface area contributed by atoms with E-state index in [0.29, 0.717) is 17.9 Å². The number of aromatic nitrogens is 2. The molecule has 2 aliphatic heterocycles. The summed E-state index contributed by atoms with van der Waals surface area (Å²) in [5, 5.41) is 4.29. The van der Waals surface area contributed by atoms with Gasteiger partial charge in [0.25, 0.3) is 0 Å². The highest BCUT2D eigenvalue weighted by Gasteiger charge is 2.21. The summed E-state index contributed by atoms with van der Waals surface area (Å²) in [7, 11) is 0. The Balaban J connectivity index is 1.60. The maximum atomic E-state index is 14.7. The normalized spacial score (nSPS) is 21.5. The number of nitrogens with zero attached hydrogens (tertiary/aromatic N) is 3. The third-order valence-corrected chi connectivity index (χ3v) is 5.10. The van der Waals surface area contributed by atoms with E-state index in [1.54, 1.807) is 17.1 Å². The van der Waals surface area contributed by atoms with E-state index in [2.05, 4.69) is 5.10 Å². The summed E-state index contributed by atoms with van der Waals surface area (Å²) in [6, 6.07) is 2.62. The predicted molar refractivity (Wildman–Crippen MR) is 92.5 cm³/mol. The highest BCUT2D eigenvalue weighted by Crippen LogP contribution is 2.32. The van der Waals surface area contributed by atoms with Crippen LogP contribution in [0.3, 0.4) is 0 Å². The molecule has 0 radical (unpaired) electrons. The molecule has 0 bridgehead atoms. The molecule has 0 N–H and O–H groups in total. The number of benzene rings is 1. The third kappa shape index (κ3) is 3.40. The molecule has 6 heteroatoms. The number of halogens is 2. The summed E-state index contributed by atoms with van der Waals surface area (Å²) in [4.78, 5) is 1.94. The maximum Gasteiger partial charge on any atom is 0.150 e. The molecular formula is C19H23F2N3O. The fourth-order valence-electron chi connectivity index (χ4n) is 3.70. The van der Waals surface area contributed by atoms with Crippen molar-refractivity contribution in [2.75, 3.05) is 24.6 Å². The lowest BCUT2D eigenvalue weighted by Gasteiger charge is -2.29. The monoisotopic (exact) mass is 347 g/mol. The molecule has 1 aromatic carbocycles. The van der Waals surface area contributed by atoms with Crippen LogP contribution in [0.5, 0.6) is 0 Å². The maximum absolute atomic E-state index is 14.7. The fraction of sp³-hybridized carbons (Fsp3) is 0.526. The number of ether oxygens (including phenoxy) is 1. The van der Waals surface area contributed by atoms with Crippen molar-refractivity contribution in [2.24, 2.45) is 0 Å². The van der Waals surface area contributed by atoms with Gasteiger partial charge in [0.1, 0.15) is 17.9 Å². The van der Waals surface area contributed by atoms with Gasteiger partial charge in [0.05, 0.1) is 11.9 Å².